The maximum atomic E-state index is 12.0. The first-order chi connectivity index (χ1) is 10.1. The molecule has 0 fully saturated rings. The Morgan fingerprint density at radius 2 is 1.86 bits per heavy atom. The second-order valence-electron chi connectivity index (χ2n) is 6.37. The highest BCUT2D eigenvalue weighted by molar-refractivity contribution is 6.02. The summed E-state index contributed by atoms with van der Waals surface area (Å²) in [5.74, 6) is -0.289. The van der Waals surface area contributed by atoms with Crippen LogP contribution in [0.15, 0.2) is 17.7 Å². The molecule has 1 aromatic rings. The number of fused-ring (bicyclic) bond motifs is 1. The smallest absolute Gasteiger partial charge is 0.167 e. The molecular formula is C18H22O4. The zero-order valence-corrected chi connectivity index (χ0v) is 13.7. The lowest BCUT2D eigenvalue weighted by Crippen LogP contribution is -2.28. The van der Waals surface area contributed by atoms with E-state index in [1.165, 1.54) is 6.92 Å². The third kappa shape index (κ3) is 2.86. The van der Waals surface area contributed by atoms with Crippen LogP contribution < -0.4 is 4.74 Å². The Morgan fingerprint density at radius 1 is 1.23 bits per heavy atom. The molecule has 0 unspecified atom stereocenters. The van der Waals surface area contributed by atoms with Crippen LogP contribution >= 0.6 is 0 Å². The quantitative estimate of drug-likeness (QED) is 0.654. The van der Waals surface area contributed by atoms with E-state index in [-0.39, 0.29) is 28.6 Å². The molecule has 2 N–H and O–H groups in total. The second-order valence-corrected chi connectivity index (χ2v) is 6.37. The Kier molecular flexibility index (Phi) is 4.05. The van der Waals surface area contributed by atoms with Gasteiger partial charge in [-0.25, -0.2) is 0 Å². The number of carbonyl (C=O) groups excluding carboxylic acids is 1. The van der Waals surface area contributed by atoms with Crippen LogP contribution in [0.25, 0.3) is 6.08 Å². The van der Waals surface area contributed by atoms with E-state index in [0.29, 0.717) is 17.5 Å². The summed E-state index contributed by atoms with van der Waals surface area (Å²) in [5.41, 5.74) is 1.38. The number of benzene rings is 1. The first-order valence-corrected chi connectivity index (χ1v) is 7.27. The van der Waals surface area contributed by atoms with Crippen LogP contribution in [0, 0.1) is 0 Å². The van der Waals surface area contributed by atoms with E-state index in [0.717, 1.165) is 5.57 Å². The van der Waals surface area contributed by atoms with Gasteiger partial charge in [0.05, 0.1) is 5.56 Å². The van der Waals surface area contributed by atoms with E-state index in [4.69, 9.17) is 4.74 Å². The van der Waals surface area contributed by atoms with Gasteiger partial charge >= 0.3 is 0 Å². The van der Waals surface area contributed by atoms with Gasteiger partial charge in [-0.3, -0.25) is 4.79 Å². The minimum absolute atomic E-state index is 0.0400. The number of ketones is 1. The van der Waals surface area contributed by atoms with Crippen molar-refractivity contribution in [2.24, 2.45) is 0 Å². The third-order valence-electron chi connectivity index (χ3n) is 3.62. The minimum Gasteiger partial charge on any atom is -0.507 e. The number of rotatable bonds is 3. The Hall–Kier alpha value is -2.23. The van der Waals surface area contributed by atoms with E-state index in [2.05, 4.69) is 0 Å². The fourth-order valence-corrected chi connectivity index (χ4v) is 2.44. The highest BCUT2D eigenvalue weighted by Crippen LogP contribution is 2.47. The van der Waals surface area contributed by atoms with Crippen molar-refractivity contribution in [2.75, 3.05) is 0 Å². The zero-order valence-electron chi connectivity index (χ0n) is 13.7. The van der Waals surface area contributed by atoms with Gasteiger partial charge < -0.3 is 14.9 Å². The van der Waals surface area contributed by atoms with E-state index in [9.17, 15) is 15.0 Å². The standard InChI is InChI=1S/C18H22O4/c1-10(2)6-7-12-15(20)13-8-9-18(4,5)22-17(13)14(11(3)19)16(12)21/h6,8-9,20-21H,7H2,1-5H3. The number of carbonyl (C=O) groups is 1. The average molecular weight is 302 g/mol. The molecule has 0 atom stereocenters. The maximum absolute atomic E-state index is 12.0. The molecule has 22 heavy (non-hydrogen) atoms. The maximum Gasteiger partial charge on any atom is 0.167 e. The molecule has 1 aromatic carbocycles. The molecule has 0 amide bonds. The predicted octanol–water partition coefficient (Wildman–Crippen LogP) is 3.99. The number of phenolic OH excluding ortho intramolecular Hbond substituents is 2. The molecule has 0 bridgehead atoms. The summed E-state index contributed by atoms with van der Waals surface area (Å²) in [7, 11) is 0. The molecule has 4 nitrogen and oxygen atoms in total. The Balaban J connectivity index is 2.73. The third-order valence-corrected chi connectivity index (χ3v) is 3.62. The van der Waals surface area contributed by atoms with Gasteiger partial charge in [-0.1, -0.05) is 11.6 Å². The van der Waals surface area contributed by atoms with Gasteiger partial charge in [-0.15, -0.1) is 0 Å². The molecule has 118 valence electrons. The fourth-order valence-electron chi connectivity index (χ4n) is 2.44. The second kappa shape index (κ2) is 5.52. The zero-order chi connectivity index (χ0) is 16.7. The van der Waals surface area contributed by atoms with Gasteiger partial charge in [0.15, 0.2) is 5.78 Å². The number of hydrogen-bond donors (Lipinski definition) is 2. The van der Waals surface area contributed by atoms with Crippen molar-refractivity contribution < 1.29 is 19.7 Å². The molecule has 0 aromatic heterocycles. The summed E-state index contributed by atoms with van der Waals surface area (Å²) in [6, 6.07) is 0. The Morgan fingerprint density at radius 3 is 2.41 bits per heavy atom. The summed E-state index contributed by atoms with van der Waals surface area (Å²) in [6.07, 6.45) is 5.81. The lowest BCUT2D eigenvalue weighted by atomic mass is 9.92. The Bertz CT molecular complexity index is 690. The predicted molar refractivity (Wildman–Crippen MR) is 86.7 cm³/mol. The van der Waals surface area contributed by atoms with Crippen LogP contribution in [-0.2, 0) is 6.42 Å². The summed E-state index contributed by atoms with van der Waals surface area (Å²) in [4.78, 5) is 12.0. The number of ether oxygens (including phenoxy) is 1. The molecule has 0 saturated heterocycles. The number of phenols is 2. The lowest BCUT2D eigenvalue weighted by molar-refractivity contribution is 0.0996. The lowest BCUT2D eigenvalue weighted by Gasteiger charge is -2.30. The Labute approximate surface area is 130 Å². The van der Waals surface area contributed by atoms with Crippen molar-refractivity contribution >= 4 is 11.9 Å². The molecule has 0 spiro atoms. The van der Waals surface area contributed by atoms with Gasteiger partial charge in [0.25, 0.3) is 0 Å². The molecule has 1 heterocycles. The van der Waals surface area contributed by atoms with Crippen LogP contribution in [-0.4, -0.2) is 21.6 Å². The van der Waals surface area contributed by atoms with Crippen molar-refractivity contribution in [3.63, 3.8) is 0 Å². The van der Waals surface area contributed by atoms with Crippen LogP contribution in [0.4, 0.5) is 0 Å². The molecule has 1 aliphatic heterocycles. The molecule has 2 rings (SSSR count). The molecule has 1 aliphatic rings. The van der Waals surface area contributed by atoms with Crippen molar-refractivity contribution in [3.05, 3.63) is 34.4 Å². The molecular weight excluding hydrogens is 280 g/mol. The monoisotopic (exact) mass is 302 g/mol. The molecule has 4 heteroatoms. The van der Waals surface area contributed by atoms with Crippen LogP contribution in [0.2, 0.25) is 0 Å². The topological polar surface area (TPSA) is 66.8 Å². The average Bonchev–Trinajstić information content (AvgIpc) is 2.36. The highest BCUT2D eigenvalue weighted by atomic mass is 16.5. The molecule has 0 saturated carbocycles. The van der Waals surface area contributed by atoms with Gasteiger partial charge in [-0.05, 0) is 53.2 Å². The minimum atomic E-state index is -0.600. The SMILES string of the molecule is CC(=O)c1c(O)c(CC=C(C)C)c(O)c2c1OC(C)(C)C=C2. The van der Waals surface area contributed by atoms with E-state index in [1.54, 1.807) is 6.08 Å². The van der Waals surface area contributed by atoms with E-state index in [1.807, 2.05) is 39.8 Å². The van der Waals surface area contributed by atoms with Crippen molar-refractivity contribution in [1.29, 1.82) is 0 Å². The molecule has 0 aliphatic carbocycles. The number of aromatic hydroxyl groups is 2. The number of Topliss-reactive ketones (excluding diaryl/α,β-unsaturated/α-hetero) is 1. The normalized spacial score (nSPS) is 15.0. The summed E-state index contributed by atoms with van der Waals surface area (Å²) in [6.45, 7) is 8.95. The van der Waals surface area contributed by atoms with Crippen LogP contribution in [0.3, 0.4) is 0 Å². The van der Waals surface area contributed by atoms with Crippen molar-refractivity contribution in [2.45, 2.75) is 46.6 Å². The van der Waals surface area contributed by atoms with E-state index >= 15 is 0 Å². The number of hydrogen-bond acceptors (Lipinski definition) is 4. The first-order valence-electron chi connectivity index (χ1n) is 7.27. The fraction of sp³-hybridized carbons (Fsp3) is 0.389. The van der Waals surface area contributed by atoms with Crippen LogP contribution in [0.5, 0.6) is 17.2 Å². The van der Waals surface area contributed by atoms with Crippen molar-refractivity contribution in [1.82, 2.24) is 0 Å². The van der Waals surface area contributed by atoms with Gasteiger partial charge in [-0.2, -0.15) is 0 Å². The van der Waals surface area contributed by atoms with Gasteiger partial charge in [0, 0.05) is 5.56 Å². The largest absolute Gasteiger partial charge is 0.507 e. The van der Waals surface area contributed by atoms with E-state index < -0.39 is 5.60 Å². The summed E-state index contributed by atoms with van der Waals surface area (Å²) >= 11 is 0. The first kappa shape index (κ1) is 16.1. The summed E-state index contributed by atoms with van der Waals surface area (Å²) in [5, 5.41) is 20.9. The highest BCUT2D eigenvalue weighted by Gasteiger charge is 2.31. The molecule has 0 radical (unpaired) electrons. The van der Waals surface area contributed by atoms with Gasteiger partial charge in [0.2, 0.25) is 0 Å². The summed E-state index contributed by atoms with van der Waals surface area (Å²) < 4.78 is 5.81. The van der Waals surface area contributed by atoms with Gasteiger partial charge in [0.1, 0.15) is 28.4 Å². The van der Waals surface area contributed by atoms with Crippen LogP contribution in [0.1, 0.15) is 56.1 Å². The number of allylic oxidation sites excluding steroid dienone is 2. The van der Waals surface area contributed by atoms with Crippen molar-refractivity contribution in [3.8, 4) is 17.2 Å².